The maximum atomic E-state index is 11.9. The Morgan fingerprint density at radius 1 is 1.37 bits per heavy atom. The van der Waals surface area contributed by atoms with Crippen molar-refractivity contribution in [3.63, 3.8) is 0 Å². The molecular weight excluding hydrogens is 250 g/mol. The number of aliphatic carboxylic acids is 1. The van der Waals surface area contributed by atoms with Gasteiger partial charge in [-0.05, 0) is 12.1 Å². The number of rotatable bonds is 4. The van der Waals surface area contributed by atoms with Crippen LogP contribution in [-0.2, 0) is 4.79 Å². The first-order valence-electron chi connectivity index (χ1n) is 5.42. The van der Waals surface area contributed by atoms with Crippen molar-refractivity contribution in [1.82, 2.24) is 15.0 Å². The number of hydrogen-bond donors (Lipinski definition) is 1. The average Bonchev–Trinajstić information content (AvgIpc) is 2.87. The summed E-state index contributed by atoms with van der Waals surface area (Å²) in [6.45, 7) is -0.393. The van der Waals surface area contributed by atoms with E-state index >= 15 is 0 Å². The van der Waals surface area contributed by atoms with Gasteiger partial charge in [0.15, 0.2) is 11.5 Å². The third-order valence-corrected chi connectivity index (χ3v) is 2.41. The van der Waals surface area contributed by atoms with Crippen LogP contribution in [0.25, 0.3) is 11.3 Å². The highest BCUT2D eigenvalue weighted by Crippen LogP contribution is 2.19. The molecule has 0 aliphatic carbocycles. The van der Waals surface area contributed by atoms with Crippen molar-refractivity contribution in [2.75, 3.05) is 13.6 Å². The zero-order chi connectivity index (χ0) is 13.8. The van der Waals surface area contributed by atoms with Crippen LogP contribution < -0.4 is 0 Å². The molecule has 98 valence electrons. The lowest BCUT2D eigenvalue weighted by Gasteiger charge is -2.11. The number of amides is 1. The molecule has 7 nitrogen and oxygen atoms in total. The van der Waals surface area contributed by atoms with Crippen LogP contribution in [0.4, 0.5) is 0 Å². The minimum absolute atomic E-state index is 0.0653. The number of carbonyl (C=O) groups is 2. The maximum absolute atomic E-state index is 11.9. The van der Waals surface area contributed by atoms with E-state index in [2.05, 4.69) is 10.1 Å². The average molecular weight is 261 g/mol. The normalized spacial score (nSPS) is 10.2. The number of aromatic nitrogens is 2. The van der Waals surface area contributed by atoms with Crippen molar-refractivity contribution < 1.29 is 19.2 Å². The van der Waals surface area contributed by atoms with E-state index in [1.54, 1.807) is 24.5 Å². The zero-order valence-electron chi connectivity index (χ0n) is 10.1. The van der Waals surface area contributed by atoms with E-state index in [1.807, 2.05) is 0 Å². The Kier molecular flexibility index (Phi) is 3.56. The van der Waals surface area contributed by atoms with E-state index in [1.165, 1.54) is 13.1 Å². The highest BCUT2D eigenvalue weighted by Gasteiger charge is 2.19. The highest BCUT2D eigenvalue weighted by molar-refractivity contribution is 5.94. The highest BCUT2D eigenvalue weighted by atomic mass is 16.5. The molecule has 0 saturated carbocycles. The van der Waals surface area contributed by atoms with Crippen molar-refractivity contribution in [3.05, 3.63) is 36.3 Å². The monoisotopic (exact) mass is 261 g/mol. The maximum Gasteiger partial charge on any atom is 0.323 e. The molecule has 2 aromatic rings. The molecule has 0 aliphatic heterocycles. The fourth-order valence-corrected chi connectivity index (χ4v) is 1.50. The largest absolute Gasteiger partial charge is 0.480 e. The van der Waals surface area contributed by atoms with Crippen molar-refractivity contribution in [2.24, 2.45) is 0 Å². The summed E-state index contributed by atoms with van der Waals surface area (Å²) in [7, 11) is 1.39. The molecule has 0 radical (unpaired) electrons. The Balaban J connectivity index is 2.17. The lowest BCUT2D eigenvalue weighted by Crippen LogP contribution is -2.32. The molecule has 1 amide bonds. The Morgan fingerprint density at radius 2 is 2.05 bits per heavy atom. The molecular formula is C12H11N3O4. The molecule has 0 spiro atoms. The van der Waals surface area contributed by atoms with Crippen LogP contribution in [0.3, 0.4) is 0 Å². The third-order valence-electron chi connectivity index (χ3n) is 2.41. The summed E-state index contributed by atoms with van der Waals surface area (Å²) in [5.41, 5.74) is 0.804. The number of nitrogens with zero attached hydrogens (tertiary/aromatic N) is 3. The Bertz CT molecular complexity index is 594. The second-order valence-electron chi connectivity index (χ2n) is 3.87. The molecule has 0 unspecified atom stereocenters. The summed E-state index contributed by atoms with van der Waals surface area (Å²) in [6, 6.07) is 4.90. The molecule has 1 N–H and O–H groups in total. The molecule has 2 rings (SSSR count). The number of carboxylic acid groups (broad SMARTS) is 1. The van der Waals surface area contributed by atoms with Gasteiger partial charge in [-0.1, -0.05) is 5.16 Å². The molecule has 0 atom stereocenters. The first kappa shape index (κ1) is 12.7. The smallest absolute Gasteiger partial charge is 0.323 e. The van der Waals surface area contributed by atoms with E-state index in [0.717, 1.165) is 10.5 Å². The van der Waals surface area contributed by atoms with Gasteiger partial charge in [0.05, 0.1) is 0 Å². The summed E-state index contributed by atoms with van der Waals surface area (Å²) >= 11 is 0. The molecule has 19 heavy (non-hydrogen) atoms. The molecule has 0 fully saturated rings. The summed E-state index contributed by atoms with van der Waals surface area (Å²) in [5.74, 6) is -1.17. The van der Waals surface area contributed by atoms with Gasteiger partial charge in [0, 0.05) is 31.1 Å². The number of likely N-dealkylation sites (N-methyl/N-ethyl adjacent to an activating group) is 1. The summed E-state index contributed by atoms with van der Waals surface area (Å²) in [4.78, 5) is 27.3. The summed E-state index contributed by atoms with van der Waals surface area (Å²) in [6.07, 6.45) is 3.19. The molecule has 0 bridgehead atoms. The van der Waals surface area contributed by atoms with Crippen LogP contribution in [0.1, 0.15) is 10.5 Å². The van der Waals surface area contributed by atoms with E-state index in [9.17, 15) is 9.59 Å². The Morgan fingerprint density at radius 3 is 2.68 bits per heavy atom. The van der Waals surface area contributed by atoms with Gasteiger partial charge in [-0.2, -0.15) is 0 Å². The fraction of sp³-hybridized carbons (Fsp3) is 0.167. The molecule has 2 heterocycles. The standard InChI is InChI=1S/C12H11N3O4/c1-15(7-11(16)17)12(18)9-6-10(19-14-9)8-2-4-13-5-3-8/h2-6H,7H2,1H3,(H,16,17). The third kappa shape index (κ3) is 2.95. The molecule has 2 aromatic heterocycles. The number of carboxylic acids is 1. The number of hydrogen-bond acceptors (Lipinski definition) is 5. The zero-order valence-corrected chi connectivity index (χ0v) is 10.1. The molecule has 7 heteroatoms. The lowest BCUT2D eigenvalue weighted by molar-refractivity contribution is -0.137. The predicted molar refractivity (Wildman–Crippen MR) is 64.3 cm³/mol. The number of pyridine rings is 1. The quantitative estimate of drug-likeness (QED) is 0.878. The van der Waals surface area contributed by atoms with Crippen LogP contribution in [0, 0.1) is 0 Å². The lowest BCUT2D eigenvalue weighted by atomic mass is 10.2. The first-order valence-corrected chi connectivity index (χ1v) is 5.42. The van der Waals surface area contributed by atoms with Gasteiger partial charge >= 0.3 is 5.97 Å². The van der Waals surface area contributed by atoms with E-state index < -0.39 is 18.4 Å². The van der Waals surface area contributed by atoms with Crippen LogP contribution in [0.5, 0.6) is 0 Å². The molecule has 0 aliphatic rings. The van der Waals surface area contributed by atoms with Crippen LogP contribution in [0.2, 0.25) is 0 Å². The summed E-state index contributed by atoms with van der Waals surface area (Å²) < 4.78 is 5.05. The van der Waals surface area contributed by atoms with Gasteiger partial charge in [-0.15, -0.1) is 0 Å². The van der Waals surface area contributed by atoms with Gasteiger partial charge < -0.3 is 14.5 Å². The van der Waals surface area contributed by atoms with Gasteiger partial charge in [-0.25, -0.2) is 0 Å². The van der Waals surface area contributed by atoms with E-state index in [4.69, 9.17) is 9.63 Å². The van der Waals surface area contributed by atoms with E-state index in [-0.39, 0.29) is 5.69 Å². The predicted octanol–water partition coefficient (Wildman–Crippen LogP) is 0.893. The van der Waals surface area contributed by atoms with Crippen molar-refractivity contribution >= 4 is 11.9 Å². The van der Waals surface area contributed by atoms with Gasteiger partial charge in [0.25, 0.3) is 5.91 Å². The second-order valence-corrected chi connectivity index (χ2v) is 3.87. The first-order chi connectivity index (χ1) is 9.08. The molecule has 0 saturated heterocycles. The van der Waals surface area contributed by atoms with Crippen molar-refractivity contribution in [2.45, 2.75) is 0 Å². The second kappa shape index (κ2) is 5.30. The topological polar surface area (TPSA) is 96.5 Å². The minimum Gasteiger partial charge on any atom is -0.480 e. The fourth-order valence-electron chi connectivity index (χ4n) is 1.50. The SMILES string of the molecule is CN(CC(=O)O)C(=O)c1cc(-c2ccncc2)on1. The Labute approximate surface area is 108 Å². The van der Waals surface area contributed by atoms with Gasteiger partial charge in [0.2, 0.25) is 0 Å². The van der Waals surface area contributed by atoms with Gasteiger partial charge in [0.1, 0.15) is 6.54 Å². The van der Waals surface area contributed by atoms with E-state index in [0.29, 0.717) is 5.76 Å². The Hall–Kier alpha value is -2.70. The van der Waals surface area contributed by atoms with Crippen LogP contribution >= 0.6 is 0 Å². The summed E-state index contributed by atoms with van der Waals surface area (Å²) in [5, 5.41) is 12.3. The van der Waals surface area contributed by atoms with Crippen molar-refractivity contribution in [3.8, 4) is 11.3 Å². The minimum atomic E-state index is -1.09. The van der Waals surface area contributed by atoms with Crippen LogP contribution in [-0.4, -0.2) is 45.6 Å². The molecule has 0 aromatic carbocycles. The van der Waals surface area contributed by atoms with Crippen molar-refractivity contribution in [1.29, 1.82) is 0 Å². The van der Waals surface area contributed by atoms with Crippen LogP contribution in [0.15, 0.2) is 35.1 Å². The number of carbonyl (C=O) groups excluding carboxylic acids is 1. The van der Waals surface area contributed by atoms with Gasteiger partial charge in [-0.3, -0.25) is 14.6 Å².